The van der Waals surface area contributed by atoms with Crippen LogP contribution in [0.15, 0.2) is 24.3 Å². The fraction of sp³-hybridized carbons (Fsp3) is 0.556. The van der Waals surface area contributed by atoms with Gasteiger partial charge in [0.15, 0.2) is 0 Å². The lowest BCUT2D eigenvalue weighted by Gasteiger charge is -2.13. The highest BCUT2D eigenvalue weighted by Gasteiger charge is 2.26. The van der Waals surface area contributed by atoms with E-state index in [2.05, 4.69) is 16.0 Å². The van der Waals surface area contributed by atoms with Crippen molar-refractivity contribution in [1.29, 1.82) is 0 Å². The third-order valence-electron chi connectivity index (χ3n) is 4.35. The number of methoxy groups -OCH3 is 1. The molecule has 1 aliphatic heterocycles. The van der Waals surface area contributed by atoms with Crippen molar-refractivity contribution in [3.8, 4) is 5.75 Å². The summed E-state index contributed by atoms with van der Waals surface area (Å²) in [4.78, 5) is 23.0. The Bertz CT molecular complexity index is 545. The number of unbranched alkanes of at least 4 members (excludes halogenated alkanes) is 2. The van der Waals surface area contributed by atoms with Crippen molar-refractivity contribution in [2.75, 3.05) is 7.11 Å². The highest BCUT2D eigenvalue weighted by atomic mass is 16.5. The fourth-order valence-corrected chi connectivity index (χ4v) is 2.82. The van der Waals surface area contributed by atoms with Crippen LogP contribution in [0.25, 0.3) is 0 Å². The number of ether oxygens (including phenoxy) is 1. The molecule has 1 fully saturated rings. The van der Waals surface area contributed by atoms with Crippen LogP contribution in [0.1, 0.15) is 44.6 Å². The normalized spacial score (nSPS) is 19.5. The van der Waals surface area contributed by atoms with Gasteiger partial charge in [-0.3, -0.25) is 4.79 Å². The second-order valence-corrected chi connectivity index (χ2v) is 6.24. The zero-order valence-electron chi connectivity index (χ0n) is 14.4. The van der Waals surface area contributed by atoms with E-state index in [1.807, 2.05) is 31.2 Å². The van der Waals surface area contributed by atoms with E-state index in [0.717, 1.165) is 37.0 Å². The van der Waals surface area contributed by atoms with Crippen LogP contribution < -0.4 is 20.7 Å². The Morgan fingerprint density at radius 2 is 1.92 bits per heavy atom. The summed E-state index contributed by atoms with van der Waals surface area (Å²) < 4.78 is 5.11. The van der Waals surface area contributed by atoms with E-state index in [1.54, 1.807) is 7.11 Å². The third-order valence-corrected chi connectivity index (χ3v) is 4.35. The first-order chi connectivity index (χ1) is 11.6. The summed E-state index contributed by atoms with van der Waals surface area (Å²) >= 11 is 0. The standard InChI is InChI=1S/C18H27N3O3/c1-13-16(21-18(23)20-13)6-4-3-5-7-17(22)19-12-14-8-10-15(24-2)11-9-14/h8-11,13,16H,3-7,12H2,1-2H3,(H,19,22)(H2,20,21,23)/t13-,16+/m0/s1. The van der Waals surface area contributed by atoms with Crippen LogP contribution in [0.3, 0.4) is 0 Å². The highest BCUT2D eigenvalue weighted by Crippen LogP contribution is 2.12. The molecule has 1 aromatic rings. The van der Waals surface area contributed by atoms with Gasteiger partial charge < -0.3 is 20.7 Å². The highest BCUT2D eigenvalue weighted by molar-refractivity contribution is 5.77. The summed E-state index contributed by atoms with van der Waals surface area (Å²) in [6.07, 6.45) is 4.38. The van der Waals surface area contributed by atoms with E-state index in [-0.39, 0.29) is 24.0 Å². The van der Waals surface area contributed by atoms with Crippen molar-refractivity contribution in [2.24, 2.45) is 0 Å². The maximum absolute atomic E-state index is 11.9. The molecule has 6 heteroatoms. The molecule has 0 bridgehead atoms. The van der Waals surface area contributed by atoms with Crippen molar-refractivity contribution in [3.05, 3.63) is 29.8 Å². The average molecular weight is 333 g/mol. The first kappa shape index (κ1) is 18.1. The number of amides is 3. The number of nitrogens with one attached hydrogen (secondary N) is 3. The Kier molecular flexibility index (Phi) is 6.90. The topological polar surface area (TPSA) is 79.5 Å². The molecule has 1 heterocycles. The van der Waals surface area contributed by atoms with Gasteiger partial charge in [-0.1, -0.05) is 25.0 Å². The molecule has 2 atom stereocenters. The van der Waals surface area contributed by atoms with E-state index in [4.69, 9.17) is 4.74 Å². The minimum absolute atomic E-state index is 0.0783. The maximum Gasteiger partial charge on any atom is 0.315 e. The molecule has 0 spiro atoms. The minimum atomic E-state index is -0.0783. The number of carbonyl (C=O) groups is 2. The summed E-state index contributed by atoms with van der Waals surface area (Å²) in [5.74, 6) is 0.892. The van der Waals surface area contributed by atoms with Crippen molar-refractivity contribution < 1.29 is 14.3 Å². The number of benzene rings is 1. The van der Waals surface area contributed by atoms with Crippen LogP contribution in [0, 0.1) is 0 Å². The van der Waals surface area contributed by atoms with Crippen molar-refractivity contribution in [2.45, 2.75) is 57.7 Å². The van der Waals surface area contributed by atoms with E-state index >= 15 is 0 Å². The van der Waals surface area contributed by atoms with E-state index in [9.17, 15) is 9.59 Å². The quantitative estimate of drug-likeness (QED) is 0.607. The van der Waals surface area contributed by atoms with Gasteiger partial charge in [0.1, 0.15) is 5.75 Å². The predicted octanol–water partition coefficient (Wildman–Crippen LogP) is 2.33. The maximum atomic E-state index is 11.9. The molecule has 0 unspecified atom stereocenters. The number of carbonyl (C=O) groups excluding carboxylic acids is 2. The van der Waals surface area contributed by atoms with Crippen LogP contribution in [0.5, 0.6) is 5.75 Å². The van der Waals surface area contributed by atoms with E-state index in [1.165, 1.54) is 0 Å². The molecular weight excluding hydrogens is 306 g/mol. The zero-order valence-corrected chi connectivity index (χ0v) is 14.4. The lowest BCUT2D eigenvalue weighted by Crippen LogP contribution is -2.30. The van der Waals surface area contributed by atoms with E-state index < -0.39 is 0 Å². The zero-order chi connectivity index (χ0) is 17.4. The van der Waals surface area contributed by atoms with E-state index in [0.29, 0.717) is 13.0 Å². The summed E-state index contributed by atoms with van der Waals surface area (Å²) in [6.45, 7) is 2.55. The molecule has 1 saturated heterocycles. The molecule has 1 aliphatic rings. The van der Waals surface area contributed by atoms with Gasteiger partial charge in [0, 0.05) is 19.0 Å². The number of rotatable bonds is 9. The van der Waals surface area contributed by atoms with Crippen LogP contribution in [0.4, 0.5) is 4.79 Å². The Labute approximate surface area is 143 Å². The molecule has 3 amide bonds. The van der Waals surface area contributed by atoms with Crippen LogP contribution in [0.2, 0.25) is 0 Å². The molecule has 6 nitrogen and oxygen atoms in total. The Morgan fingerprint density at radius 3 is 2.54 bits per heavy atom. The van der Waals surface area contributed by atoms with Crippen molar-refractivity contribution >= 4 is 11.9 Å². The van der Waals surface area contributed by atoms with Crippen LogP contribution >= 0.6 is 0 Å². The van der Waals surface area contributed by atoms with Gasteiger partial charge in [-0.25, -0.2) is 4.79 Å². The van der Waals surface area contributed by atoms with Gasteiger partial charge in [-0.2, -0.15) is 0 Å². The summed E-state index contributed by atoms with van der Waals surface area (Å²) in [5, 5.41) is 8.69. The van der Waals surface area contributed by atoms with Gasteiger partial charge in [0.05, 0.1) is 13.2 Å². The first-order valence-corrected chi connectivity index (χ1v) is 8.55. The number of hydrogen-bond donors (Lipinski definition) is 3. The molecule has 0 aliphatic carbocycles. The Hall–Kier alpha value is -2.24. The molecule has 0 aromatic heterocycles. The van der Waals surface area contributed by atoms with Crippen molar-refractivity contribution in [3.63, 3.8) is 0 Å². The summed E-state index contributed by atoms with van der Waals surface area (Å²) in [5.41, 5.74) is 1.06. The molecule has 0 radical (unpaired) electrons. The SMILES string of the molecule is COc1ccc(CNC(=O)CCCCC[C@H]2NC(=O)N[C@H]2C)cc1. The fourth-order valence-electron chi connectivity index (χ4n) is 2.82. The van der Waals surface area contributed by atoms with Gasteiger partial charge in [0.2, 0.25) is 5.91 Å². The molecule has 132 valence electrons. The molecule has 1 aromatic carbocycles. The van der Waals surface area contributed by atoms with Crippen LogP contribution in [-0.4, -0.2) is 31.1 Å². The largest absolute Gasteiger partial charge is 0.497 e. The smallest absolute Gasteiger partial charge is 0.315 e. The number of urea groups is 1. The first-order valence-electron chi connectivity index (χ1n) is 8.55. The third kappa shape index (κ3) is 5.76. The van der Waals surface area contributed by atoms with Gasteiger partial charge in [-0.05, 0) is 37.5 Å². The van der Waals surface area contributed by atoms with Gasteiger partial charge >= 0.3 is 6.03 Å². The minimum Gasteiger partial charge on any atom is -0.497 e. The Morgan fingerprint density at radius 1 is 1.17 bits per heavy atom. The summed E-state index contributed by atoms with van der Waals surface area (Å²) in [7, 11) is 1.63. The average Bonchev–Trinajstić information content (AvgIpc) is 2.90. The second-order valence-electron chi connectivity index (χ2n) is 6.24. The second kappa shape index (κ2) is 9.15. The predicted molar refractivity (Wildman–Crippen MR) is 92.8 cm³/mol. The lowest BCUT2D eigenvalue weighted by atomic mass is 10.0. The molecule has 2 rings (SSSR count). The molecule has 3 N–H and O–H groups in total. The molecule has 0 saturated carbocycles. The van der Waals surface area contributed by atoms with Gasteiger partial charge in [0.25, 0.3) is 0 Å². The van der Waals surface area contributed by atoms with Crippen LogP contribution in [-0.2, 0) is 11.3 Å². The van der Waals surface area contributed by atoms with Crippen molar-refractivity contribution in [1.82, 2.24) is 16.0 Å². The monoisotopic (exact) mass is 333 g/mol. The number of hydrogen-bond acceptors (Lipinski definition) is 3. The Balaban J connectivity index is 1.54. The van der Waals surface area contributed by atoms with Gasteiger partial charge in [-0.15, -0.1) is 0 Å². The molecule has 24 heavy (non-hydrogen) atoms. The summed E-state index contributed by atoms with van der Waals surface area (Å²) in [6, 6.07) is 7.99. The lowest BCUT2D eigenvalue weighted by molar-refractivity contribution is -0.121. The molecular formula is C18H27N3O3.